The molecule has 1 aliphatic heterocycles. The molecule has 0 aliphatic carbocycles. The molecule has 4 heteroatoms. The lowest BCUT2D eigenvalue weighted by atomic mass is 9.92. The van der Waals surface area contributed by atoms with Crippen molar-refractivity contribution < 1.29 is 14.6 Å². The highest BCUT2D eigenvalue weighted by Crippen LogP contribution is 2.20. The Bertz CT molecular complexity index is 415. The molecule has 4 nitrogen and oxygen atoms in total. The molecular weight excluding hydrogens is 254 g/mol. The minimum atomic E-state index is -0.738. The standard InChI is InChI=1S/C16H23NO3/c1-12(13-7-9-20-10-8-13)17-16(19)11-15(18)14-5-3-2-4-6-14/h2-6,12-13,15,18H,7-11H2,1H3,(H,17,19). The second-order valence-corrected chi connectivity index (χ2v) is 5.44. The van der Waals surface area contributed by atoms with Gasteiger partial charge in [-0.05, 0) is 31.2 Å². The maximum atomic E-state index is 12.0. The number of hydrogen-bond donors (Lipinski definition) is 2. The van der Waals surface area contributed by atoms with Crippen molar-refractivity contribution in [1.29, 1.82) is 0 Å². The van der Waals surface area contributed by atoms with E-state index in [-0.39, 0.29) is 18.4 Å². The highest BCUT2D eigenvalue weighted by molar-refractivity contribution is 5.76. The zero-order valence-corrected chi connectivity index (χ0v) is 11.9. The van der Waals surface area contributed by atoms with Gasteiger partial charge < -0.3 is 15.2 Å². The Kier molecular flexibility index (Phi) is 5.56. The van der Waals surface area contributed by atoms with E-state index < -0.39 is 6.10 Å². The molecule has 2 unspecified atom stereocenters. The molecule has 0 spiro atoms. The summed E-state index contributed by atoms with van der Waals surface area (Å²) in [7, 11) is 0. The second kappa shape index (κ2) is 7.41. The molecule has 110 valence electrons. The van der Waals surface area contributed by atoms with E-state index in [0.717, 1.165) is 31.6 Å². The van der Waals surface area contributed by atoms with E-state index in [1.807, 2.05) is 37.3 Å². The molecule has 0 bridgehead atoms. The molecule has 0 aromatic heterocycles. The van der Waals surface area contributed by atoms with Gasteiger partial charge in [0.2, 0.25) is 5.91 Å². The van der Waals surface area contributed by atoms with Crippen molar-refractivity contribution in [3.8, 4) is 0 Å². The molecule has 2 atom stereocenters. The molecule has 1 saturated heterocycles. The Morgan fingerprint density at radius 2 is 2.00 bits per heavy atom. The van der Waals surface area contributed by atoms with E-state index in [4.69, 9.17) is 4.74 Å². The van der Waals surface area contributed by atoms with Crippen molar-refractivity contribution in [3.05, 3.63) is 35.9 Å². The highest BCUT2D eigenvalue weighted by Gasteiger charge is 2.22. The monoisotopic (exact) mass is 277 g/mol. The summed E-state index contributed by atoms with van der Waals surface area (Å²) in [6.45, 7) is 3.58. The Morgan fingerprint density at radius 1 is 1.35 bits per heavy atom. The van der Waals surface area contributed by atoms with Gasteiger partial charge in [-0.2, -0.15) is 0 Å². The van der Waals surface area contributed by atoms with Crippen LogP contribution < -0.4 is 5.32 Å². The molecule has 1 aromatic carbocycles. The van der Waals surface area contributed by atoms with Crippen molar-refractivity contribution in [1.82, 2.24) is 5.32 Å². The van der Waals surface area contributed by atoms with Crippen molar-refractivity contribution in [2.45, 2.75) is 38.3 Å². The molecule has 0 radical (unpaired) electrons. The largest absolute Gasteiger partial charge is 0.388 e. The molecule has 2 N–H and O–H groups in total. The zero-order chi connectivity index (χ0) is 14.4. The third-order valence-electron chi connectivity index (χ3n) is 3.92. The van der Waals surface area contributed by atoms with Gasteiger partial charge in [-0.25, -0.2) is 0 Å². The first-order valence-electron chi connectivity index (χ1n) is 7.27. The van der Waals surface area contributed by atoms with Gasteiger partial charge in [0.05, 0.1) is 12.5 Å². The van der Waals surface area contributed by atoms with Gasteiger partial charge in [-0.15, -0.1) is 0 Å². The topological polar surface area (TPSA) is 58.6 Å². The van der Waals surface area contributed by atoms with Gasteiger partial charge in [0.1, 0.15) is 0 Å². The number of aliphatic hydroxyl groups excluding tert-OH is 1. The van der Waals surface area contributed by atoms with Crippen molar-refractivity contribution in [2.75, 3.05) is 13.2 Å². The maximum absolute atomic E-state index is 12.0. The fraction of sp³-hybridized carbons (Fsp3) is 0.562. The summed E-state index contributed by atoms with van der Waals surface area (Å²) in [4.78, 5) is 12.0. The lowest BCUT2D eigenvalue weighted by Crippen LogP contribution is -2.40. The first-order valence-corrected chi connectivity index (χ1v) is 7.27. The van der Waals surface area contributed by atoms with E-state index in [1.54, 1.807) is 0 Å². The maximum Gasteiger partial charge on any atom is 0.223 e. The number of hydrogen-bond acceptors (Lipinski definition) is 3. The molecule has 1 amide bonds. The summed E-state index contributed by atoms with van der Waals surface area (Å²) in [5.74, 6) is 0.377. The molecule has 1 heterocycles. The normalized spacial score (nSPS) is 19.3. The van der Waals surface area contributed by atoms with Gasteiger partial charge in [-0.1, -0.05) is 30.3 Å². The van der Waals surface area contributed by atoms with Crippen LogP contribution in [0.2, 0.25) is 0 Å². The zero-order valence-electron chi connectivity index (χ0n) is 11.9. The number of benzene rings is 1. The minimum absolute atomic E-state index is 0.0969. The van der Waals surface area contributed by atoms with Crippen LogP contribution in [0, 0.1) is 5.92 Å². The summed E-state index contributed by atoms with van der Waals surface area (Å²) in [5.41, 5.74) is 0.779. The number of carbonyl (C=O) groups excluding carboxylic acids is 1. The molecular formula is C16H23NO3. The molecule has 2 rings (SSSR count). The van der Waals surface area contributed by atoms with E-state index in [9.17, 15) is 9.90 Å². The molecule has 1 aromatic rings. The van der Waals surface area contributed by atoms with Gasteiger partial charge in [0, 0.05) is 19.3 Å². The average Bonchev–Trinajstić information content (AvgIpc) is 2.49. The smallest absolute Gasteiger partial charge is 0.223 e. The molecule has 0 saturated carbocycles. The molecule has 20 heavy (non-hydrogen) atoms. The number of nitrogens with one attached hydrogen (secondary N) is 1. The van der Waals surface area contributed by atoms with Gasteiger partial charge in [-0.3, -0.25) is 4.79 Å². The summed E-state index contributed by atoms with van der Waals surface area (Å²) >= 11 is 0. The summed E-state index contributed by atoms with van der Waals surface area (Å²) in [6.07, 6.45) is 1.35. The van der Waals surface area contributed by atoms with Crippen molar-refractivity contribution in [3.63, 3.8) is 0 Å². The number of aliphatic hydroxyl groups is 1. The number of carbonyl (C=O) groups is 1. The SMILES string of the molecule is CC(NC(=O)CC(O)c1ccccc1)C1CCOCC1. The Labute approximate surface area is 120 Å². The van der Waals surface area contributed by atoms with Crippen molar-refractivity contribution >= 4 is 5.91 Å². The fourth-order valence-corrected chi connectivity index (χ4v) is 2.62. The van der Waals surface area contributed by atoms with Gasteiger partial charge >= 0.3 is 0 Å². The minimum Gasteiger partial charge on any atom is -0.388 e. The number of rotatable bonds is 5. The van der Waals surface area contributed by atoms with Crippen LogP contribution in [0.3, 0.4) is 0 Å². The second-order valence-electron chi connectivity index (χ2n) is 5.44. The highest BCUT2D eigenvalue weighted by atomic mass is 16.5. The predicted octanol–water partition coefficient (Wildman–Crippen LogP) is 2.04. The van der Waals surface area contributed by atoms with E-state index in [2.05, 4.69) is 5.32 Å². The summed E-state index contributed by atoms with van der Waals surface area (Å²) in [6, 6.07) is 9.42. The Morgan fingerprint density at radius 3 is 2.65 bits per heavy atom. The summed E-state index contributed by atoms with van der Waals surface area (Å²) < 4.78 is 5.32. The van der Waals surface area contributed by atoms with Crippen LogP contribution in [0.25, 0.3) is 0 Å². The van der Waals surface area contributed by atoms with Gasteiger partial charge in [0.25, 0.3) is 0 Å². The number of amides is 1. The Hall–Kier alpha value is -1.39. The molecule has 1 aliphatic rings. The third kappa shape index (κ3) is 4.32. The van der Waals surface area contributed by atoms with Crippen LogP contribution in [0.15, 0.2) is 30.3 Å². The fourth-order valence-electron chi connectivity index (χ4n) is 2.62. The van der Waals surface area contributed by atoms with Gasteiger partial charge in [0.15, 0.2) is 0 Å². The first kappa shape index (κ1) is 15.0. The van der Waals surface area contributed by atoms with Crippen LogP contribution in [-0.2, 0) is 9.53 Å². The van der Waals surface area contributed by atoms with Crippen LogP contribution in [0.1, 0.15) is 37.9 Å². The quantitative estimate of drug-likeness (QED) is 0.866. The predicted molar refractivity (Wildman–Crippen MR) is 77.2 cm³/mol. The number of ether oxygens (including phenoxy) is 1. The van der Waals surface area contributed by atoms with E-state index in [1.165, 1.54) is 0 Å². The van der Waals surface area contributed by atoms with Crippen LogP contribution in [0.4, 0.5) is 0 Å². The first-order chi connectivity index (χ1) is 9.66. The average molecular weight is 277 g/mol. The van der Waals surface area contributed by atoms with Crippen LogP contribution >= 0.6 is 0 Å². The van der Waals surface area contributed by atoms with Crippen molar-refractivity contribution in [2.24, 2.45) is 5.92 Å². The molecule has 1 fully saturated rings. The van der Waals surface area contributed by atoms with E-state index in [0.29, 0.717) is 5.92 Å². The third-order valence-corrected chi connectivity index (χ3v) is 3.92. The Balaban J connectivity index is 1.79. The summed E-state index contributed by atoms with van der Waals surface area (Å²) in [5, 5.41) is 13.0. The lowest BCUT2D eigenvalue weighted by molar-refractivity contribution is -0.124. The van der Waals surface area contributed by atoms with E-state index >= 15 is 0 Å². The van der Waals surface area contributed by atoms with Crippen LogP contribution in [0.5, 0.6) is 0 Å². The lowest BCUT2D eigenvalue weighted by Gasteiger charge is -2.28. The van der Waals surface area contributed by atoms with Crippen LogP contribution in [-0.4, -0.2) is 30.3 Å².